The Bertz CT molecular complexity index is 1640. The first-order chi connectivity index (χ1) is 18.3. The molecule has 0 unspecified atom stereocenters. The molecule has 1 fully saturated rings. The second kappa shape index (κ2) is 9.99. The lowest BCUT2D eigenvalue weighted by atomic mass is 9.88. The van der Waals surface area contributed by atoms with E-state index in [9.17, 15) is 14.9 Å². The van der Waals surface area contributed by atoms with Crippen LogP contribution < -0.4 is 22.3 Å². The van der Waals surface area contributed by atoms with Gasteiger partial charge in [0.2, 0.25) is 5.95 Å². The number of benzene rings is 2. The number of rotatable bonds is 6. The summed E-state index contributed by atoms with van der Waals surface area (Å²) < 4.78 is 7.20. The largest absolute Gasteiger partial charge is 0.459 e. The van der Waals surface area contributed by atoms with Gasteiger partial charge in [0.15, 0.2) is 5.82 Å². The molecule has 0 radical (unpaired) electrons. The van der Waals surface area contributed by atoms with Crippen molar-refractivity contribution in [2.45, 2.75) is 38.0 Å². The van der Waals surface area contributed by atoms with Crippen LogP contribution in [0.3, 0.4) is 0 Å². The number of nitrogens with two attached hydrogens (primary N) is 2. The zero-order valence-electron chi connectivity index (χ0n) is 20.3. The van der Waals surface area contributed by atoms with Crippen LogP contribution in [0.5, 0.6) is 0 Å². The normalized spacial score (nSPS) is 17.3. The van der Waals surface area contributed by atoms with Gasteiger partial charge in [-0.25, -0.2) is 9.78 Å². The summed E-state index contributed by atoms with van der Waals surface area (Å²) >= 11 is 6.38. The van der Waals surface area contributed by atoms with Crippen molar-refractivity contribution in [3.05, 3.63) is 80.9 Å². The van der Waals surface area contributed by atoms with Gasteiger partial charge in [-0.3, -0.25) is 9.36 Å². The summed E-state index contributed by atoms with van der Waals surface area (Å²) in [5.74, 6) is -0.0665. The molecule has 0 saturated heterocycles. The first kappa shape index (κ1) is 25.0. The van der Waals surface area contributed by atoms with E-state index in [1.165, 1.54) is 0 Å². The highest BCUT2D eigenvalue weighted by Gasteiger charge is 2.37. The number of hydrogen-bond donors (Lipinski definition) is 3. The van der Waals surface area contributed by atoms with E-state index in [0.717, 1.165) is 0 Å². The molecule has 1 saturated carbocycles. The summed E-state index contributed by atoms with van der Waals surface area (Å²) in [6, 6.07) is 14.9. The van der Waals surface area contributed by atoms with Gasteiger partial charge in [-0.05, 0) is 31.2 Å². The van der Waals surface area contributed by atoms with Crippen LogP contribution in [0.25, 0.3) is 10.9 Å². The van der Waals surface area contributed by atoms with Crippen molar-refractivity contribution in [3.8, 4) is 6.07 Å². The maximum Gasteiger partial charge on any atom is 0.338 e. The minimum Gasteiger partial charge on any atom is -0.459 e. The molecule has 12 heteroatoms. The number of anilines is 3. The van der Waals surface area contributed by atoms with Gasteiger partial charge in [0.05, 0.1) is 27.5 Å². The maximum absolute atomic E-state index is 13.7. The van der Waals surface area contributed by atoms with Crippen molar-refractivity contribution in [2.24, 2.45) is 0 Å². The van der Waals surface area contributed by atoms with Gasteiger partial charge < -0.3 is 21.5 Å². The third-order valence-electron chi connectivity index (χ3n) is 6.43. The first-order valence-corrected chi connectivity index (χ1v) is 12.2. The summed E-state index contributed by atoms with van der Waals surface area (Å²) in [7, 11) is 0. The third-order valence-corrected chi connectivity index (χ3v) is 6.75. The number of fused-ring (bicyclic) bond motifs is 1. The second-order valence-corrected chi connectivity index (χ2v) is 9.37. The smallest absolute Gasteiger partial charge is 0.338 e. The van der Waals surface area contributed by atoms with Gasteiger partial charge in [-0.2, -0.15) is 15.2 Å². The van der Waals surface area contributed by atoms with E-state index in [0.29, 0.717) is 35.1 Å². The minimum absolute atomic E-state index is 0.0281. The van der Waals surface area contributed by atoms with E-state index in [1.807, 2.05) is 12.1 Å². The summed E-state index contributed by atoms with van der Waals surface area (Å²) in [5, 5.41) is 13.2. The van der Waals surface area contributed by atoms with Crippen molar-refractivity contribution < 1.29 is 9.53 Å². The van der Waals surface area contributed by atoms with Crippen LogP contribution >= 0.6 is 11.6 Å². The van der Waals surface area contributed by atoms with Gasteiger partial charge in [0, 0.05) is 18.9 Å². The van der Waals surface area contributed by atoms with E-state index in [4.69, 9.17) is 32.8 Å². The highest BCUT2D eigenvalue weighted by atomic mass is 35.5. The quantitative estimate of drug-likeness (QED) is 0.312. The standard InChI is InChI=1S/C26H23ClN8O3/c1-13(31-22-17(12-28)21(29)33-26(30)34-22)23-32-19-9-5-8-18(27)20(19)24(36)35(23)15-10-16(11-15)38-25(37)14-6-3-2-4-7-14/h2-9,13,15-16H,10-11H2,1H3,(H5,29,30,31,33,34)/t13-,15?,16?/m0/s1. The monoisotopic (exact) mass is 530 g/mol. The fraction of sp³-hybridized carbons (Fsp3) is 0.231. The lowest BCUT2D eigenvalue weighted by Crippen LogP contribution is -2.42. The number of ether oxygens (including phenoxy) is 1. The van der Waals surface area contributed by atoms with Crippen LogP contribution in [0, 0.1) is 11.3 Å². The zero-order chi connectivity index (χ0) is 27.0. The Morgan fingerprint density at radius 2 is 1.89 bits per heavy atom. The molecule has 5 N–H and O–H groups in total. The molecule has 0 bridgehead atoms. The van der Waals surface area contributed by atoms with Crippen LogP contribution in [-0.2, 0) is 4.74 Å². The van der Waals surface area contributed by atoms with Crippen LogP contribution in [0.15, 0.2) is 53.3 Å². The molecule has 0 aliphatic heterocycles. The Balaban J connectivity index is 1.48. The van der Waals surface area contributed by atoms with E-state index < -0.39 is 12.0 Å². The number of nitrogen functional groups attached to an aromatic ring is 2. The number of nitrogens with zero attached hydrogens (tertiary/aromatic N) is 5. The molecular formula is C26H23ClN8O3. The van der Waals surface area contributed by atoms with Crippen LogP contribution in [0.4, 0.5) is 17.6 Å². The van der Waals surface area contributed by atoms with Crippen molar-refractivity contribution in [1.29, 1.82) is 5.26 Å². The number of hydrogen-bond acceptors (Lipinski definition) is 10. The molecule has 2 heterocycles. The number of aromatic nitrogens is 4. The topological polar surface area (TPSA) is 175 Å². The molecule has 0 amide bonds. The maximum atomic E-state index is 13.7. The van der Waals surface area contributed by atoms with Crippen molar-refractivity contribution in [3.63, 3.8) is 0 Å². The van der Waals surface area contributed by atoms with Crippen LogP contribution in [0.2, 0.25) is 5.02 Å². The fourth-order valence-corrected chi connectivity index (χ4v) is 4.75. The zero-order valence-corrected chi connectivity index (χ0v) is 21.0. The van der Waals surface area contributed by atoms with Gasteiger partial charge in [0.1, 0.15) is 29.4 Å². The van der Waals surface area contributed by atoms with E-state index in [-0.39, 0.29) is 45.9 Å². The minimum atomic E-state index is -0.599. The molecule has 0 spiro atoms. The number of carbonyl (C=O) groups is 1. The van der Waals surface area contributed by atoms with Gasteiger partial charge in [0.25, 0.3) is 5.56 Å². The summed E-state index contributed by atoms with van der Waals surface area (Å²) in [5.41, 5.74) is 12.2. The Hall–Kier alpha value is -4.69. The SMILES string of the molecule is C[C@H](Nc1nc(N)nc(N)c1C#N)c1nc2cccc(Cl)c2c(=O)n1C1CC(OC(=O)c2ccccc2)C1. The molecule has 2 aromatic carbocycles. The third kappa shape index (κ3) is 4.57. The van der Waals surface area contributed by atoms with Gasteiger partial charge in [-0.1, -0.05) is 35.9 Å². The number of halogens is 1. The fourth-order valence-electron chi connectivity index (χ4n) is 4.50. The summed E-state index contributed by atoms with van der Waals surface area (Å²) in [4.78, 5) is 38.9. The van der Waals surface area contributed by atoms with Crippen LogP contribution in [-0.4, -0.2) is 31.6 Å². The Morgan fingerprint density at radius 1 is 1.16 bits per heavy atom. The average Bonchev–Trinajstić information content (AvgIpc) is 2.86. The average molecular weight is 531 g/mol. The number of carbonyl (C=O) groups excluding carboxylic acids is 1. The van der Waals surface area contributed by atoms with Crippen molar-refractivity contribution >= 4 is 46.1 Å². The molecule has 5 rings (SSSR count). The Morgan fingerprint density at radius 3 is 2.61 bits per heavy atom. The summed E-state index contributed by atoms with van der Waals surface area (Å²) in [6.07, 6.45) is 0.489. The Labute approximate surface area is 222 Å². The molecule has 1 aliphatic rings. The highest BCUT2D eigenvalue weighted by Crippen LogP contribution is 2.37. The Kier molecular flexibility index (Phi) is 6.57. The lowest BCUT2D eigenvalue weighted by molar-refractivity contribution is -0.00915. The number of nitriles is 1. The molecule has 192 valence electrons. The molecule has 1 aliphatic carbocycles. The van der Waals surface area contributed by atoms with E-state index in [1.54, 1.807) is 54.0 Å². The molecule has 1 atom stereocenters. The predicted octanol–water partition coefficient (Wildman–Crippen LogP) is 3.61. The first-order valence-electron chi connectivity index (χ1n) is 11.8. The molecule has 2 aromatic heterocycles. The summed E-state index contributed by atoms with van der Waals surface area (Å²) in [6.45, 7) is 1.77. The number of nitrogens with one attached hydrogen (secondary N) is 1. The highest BCUT2D eigenvalue weighted by molar-refractivity contribution is 6.35. The second-order valence-electron chi connectivity index (χ2n) is 8.97. The van der Waals surface area contributed by atoms with Gasteiger partial charge in [-0.15, -0.1) is 0 Å². The molecule has 11 nitrogen and oxygen atoms in total. The molecule has 4 aromatic rings. The van der Waals surface area contributed by atoms with E-state index in [2.05, 4.69) is 15.3 Å². The van der Waals surface area contributed by atoms with Crippen molar-refractivity contribution in [2.75, 3.05) is 16.8 Å². The lowest BCUT2D eigenvalue weighted by Gasteiger charge is -2.37. The number of esters is 1. The predicted molar refractivity (Wildman–Crippen MR) is 143 cm³/mol. The van der Waals surface area contributed by atoms with Crippen molar-refractivity contribution in [1.82, 2.24) is 19.5 Å². The van der Waals surface area contributed by atoms with Gasteiger partial charge >= 0.3 is 5.97 Å². The van der Waals surface area contributed by atoms with Crippen LogP contribution in [0.1, 0.15) is 53.6 Å². The molecule has 38 heavy (non-hydrogen) atoms. The van der Waals surface area contributed by atoms with E-state index >= 15 is 0 Å². The molecular weight excluding hydrogens is 508 g/mol.